The summed E-state index contributed by atoms with van der Waals surface area (Å²) in [4.78, 5) is 51.6. The Labute approximate surface area is 177 Å². The molecule has 2 fully saturated rings. The number of hydrogen-bond acceptors (Lipinski definition) is 4. The first-order valence-corrected chi connectivity index (χ1v) is 10.8. The minimum absolute atomic E-state index is 0.162. The summed E-state index contributed by atoms with van der Waals surface area (Å²) >= 11 is 0. The number of nitrogens with zero attached hydrogens (tertiary/aromatic N) is 2. The third-order valence-corrected chi connectivity index (χ3v) is 6.17. The van der Waals surface area contributed by atoms with Crippen LogP contribution in [0.15, 0.2) is 24.3 Å². The van der Waals surface area contributed by atoms with Gasteiger partial charge in [-0.1, -0.05) is 57.9 Å². The molecule has 2 atom stereocenters. The Morgan fingerprint density at radius 1 is 1.07 bits per heavy atom. The fourth-order valence-electron chi connectivity index (χ4n) is 4.25. The Kier molecular flexibility index (Phi) is 6.90. The van der Waals surface area contributed by atoms with E-state index < -0.39 is 30.3 Å². The van der Waals surface area contributed by atoms with E-state index in [1.54, 1.807) is 0 Å². The lowest BCUT2D eigenvalue weighted by molar-refractivity contribution is -0.145. The van der Waals surface area contributed by atoms with E-state index in [2.05, 4.69) is 31.3 Å². The van der Waals surface area contributed by atoms with E-state index in [-0.39, 0.29) is 12.0 Å². The molecule has 7 heteroatoms. The number of carbonyl (C=O) groups excluding carboxylic acids is 4. The summed E-state index contributed by atoms with van der Waals surface area (Å²) in [5.74, 6) is -1.53. The Morgan fingerprint density at radius 3 is 2.37 bits per heavy atom. The van der Waals surface area contributed by atoms with E-state index in [1.165, 1.54) is 5.56 Å². The number of imide groups is 2. The highest BCUT2D eigenvalue weighted by atomic mass is 16.2. The molecule has 0 bridgehead atoms. The van der Waals surface area contributed by atoms with Crippen molar-refractivity contribution in [3.05, 3.63) is 35.4 Å². The Morgan fingerprint density at radius 2 is 1.73 bits per heavy atom. The van der Waals surface area contributed by atoms with Gasteiger partial charge in [-0.05, 0) is 42.2 Å². The van der Waals surface area contributed by atoms with Gasteiger partial charge in [0, 0.05) is 12.6 Å². The SMILES string of the molecule is CC(C)c1ccc(CCNC(=O)CN2C(=O)C(=O)N([C@@H]3CCCC[C@H]3C)C2=O)cc1. The Balaban J connectivity index is 1.52. The van der Waals surface area contributed by atoms with Crippen molar-refractivity contribution in [3.63, 3.8) is 0 Å². The van der Waals surface area contributed by atoms with Gasteiger partial charge in [0.1, 0.15) is 6.54 Å². The van der Waals surface area contributed by atoms with Crippen LogP contribution in [-0.2, 0) is 20.8 Å². The zero-order chi connectivity index (χ0) is 21.8. The molecule has 0 aromatic heterocycles. The fraction of sp³-hybridized carbons (Fsp3) is 0.565. The lowest BCUT2D eigenvalue weighted by Gasteiger charge is -2.34. The summed E-state index contributed by atoms with van der Waals surface area (Å²) in [6.07, 6.45) is 4.28. The fourth-order valence-corrected chi connectivity index (χ4v) is 4.25. The third kappa shape index (κ3) is 4.71. The van der Waals surface area contributed by atoms with Gasteiger partial charge in [-0.3, -0.25) is 19.3 Å². The number of benzene rings is 1. The van der Waals surface area contributed by atoms with Crippen LogP contribution >= 0.6 is 0 Å². The van der Waals surface area contributed by atoms with Gasteiger partial charge in [-0.25, -0.2) is 9.69 Å². The largest absolute Gasteiger partial charge is 0.354 e. The second-order valence-corrected chi connectivity index (χ2v) is 8.67. The predicted octanol–water partition coefficient (Wildman–Crippen LogP) is 2.84. The summed E-state index contributed by atoms with van der Waals surface area (Å²) < 4.78 is 0. The van der Waals surface area contributed by atoms with Crippen LogP contribution in [0, 0.1) is 5.92 Å². The zero-order valence-electron chi connectivity index (χ0n) is 18.0. The van der Waals surface area contributed by atoms with Crippen LogP contribution in [0.3, 0.4) is 0 Å². The molecule has 30 heavy (non-hydrogen) atoms. The first kappa shape index (κ1) is 22.0. The lowest BCUT2D eigenvalue weighted by atomic mass is 9.85. The first-order valence-electron chi connectivity index (χ1n) is 10.8. The normalized spacial score (nSPS) is 22.2. The van der Waals surface area contributed by atoms with Crippen molar-refractivity contribution in [1.29, 1.82) is 0 Å². The van der Waals surface area contributed by atoms with Gasteiger partial charge < -0.3 is 5.32 Å². The van der Waals surface area contributed by atoms with Crippen LogP contribution in [0.4, 0.5) is 4.79 Å². The van der Waals surface area contributed by atoms with E-state index in [1.807, 2.05) is 19.1 Å². The molecular formula is C23H31N3O4. The molecule has 1 aliphatic heterocycles. The van der Waals surface area contributed by atoms with Gasteiger partial charge in [0.25, 0.3) is 0 Å². The summed E-state index contributed by atoms with van der Waals surface area (Å²) in [5, 5.41) is 2.74. The predicted molar refractivity (Wildman–Crippen MR) is 113 cm³/mol. The van der Waals surface area contributed by atoms with E-state index in [4.69, 9.17) is 0 Å². The average Bonchev–Trinajstić information content (AvgIpc) is 2.92. The summed E-state index contributed by atoms with van der Waals surface area (Å²) in [6, 6.07) is 7.31. The van der Waals surface area contributed by atoms with Gasteiger partial charge in [-0.2, -0.15) is 0 Å². The molecule has 1 heterocycles. The second-order valence-electron chi connectivity index (χ2n) is 8.67. The van der Waals surface area contributed by atoms with Crippen LogP contribution in [0.25, 0.3) is 0 Å². The topological polar surface area (TPSA) is 86.8 Å². The summed E-state index contributed by atoms with van der Waals surface area (Å²) in [5.41, 5.74) is 2.36. The number of amides is 5. The number of hydrogen-bond donors (Lipinski definition) is 1. The maximum absolute atomic E-state index is 12.7. The molecule has 1 saturated heterocycles. The van der Waals surface area contributed by atoms with E-state index in [9.17, 15) is 19.2 Å². The molecule has 7 nitrogen and oxygen atoms in total. The van der Waals surface area contributed by atoms with Crippen LogP contribution < -0.4 is 5.32 Å². The third-order valence-electron chi connectivity index (χ3n) is 6.17. The lowest BCUT2D eigenvalue weighted by Crippen LogP contribution is -2.47. The van der Waals surface area contributed by atoms with Crippen molar-refractivity contribution >= 4 is 23.8 Å². The molecule has 2 aliphatic rings. The molecule has 1 N–H and O–H groups in total. The molecule has 1 aromatic rings. The van der Waals surface area contributed by atoms with Crippen molar-refractivity contribution < 1.29 is 19.2 Å². The summed E-state index contributed by atoms with van der Waals surface area (Å²) in [6.45, 7) is 6.24. The van der Waals surface area contributed by atoms with Crippen LogP contribution in [0.2, 0.25) is 0 Å². The van der Waals surface area contributed by atoms with Crippen molar-refractivity contribution in [1.82, 2.24) is 15.1 Å². The Bertz CT molecular complexity index is 818. The maximum atomic E-state index is 12.7. The molecule has 5 amide bonds. The molecule has 3 rings (SSSR count). The number of carbonyl (C=O) groups is 4. The van der Waals surface area contributed by atoms with Gasteiger partial charge >= 0.3 is 17.8 Å². The highest BCUT2D eigenvalue weighted by molar-refractivity contribution is 6.45. The van der Waals surface area contributed by atoms with Crippen molar-refractivity contribution in [2.75, 3.05) is 13.1 Å². The molecule has 1 aliphatic carbocycles. The van der Waals surface area contributed by atoms with Crippen LogP contribution in [0.5, 0.6) is 0 Å². The standard InChI is InChI=1S/C23H31N3O4/c1-15(2)18-10-8-17(9-11-18)12-13-24-20(27)14-25-21(28)22(29)26(23(25)30)19-7-5-4-6-16(19)3/h8-11,15-16,19H,4-7,12-14H2,1-3H3,(H,24,27)/t16-,19-/m1/s1. The van der Waals surface area contributed by atoms with Crippen molar-refractivity contribution in [3.8, 4) is 0 Å². The maximum Gasteiger partial charge on any atom is 0.334 e. The molecule has 1 aromatic carbocycles. The van der Waals surface area contributed by atoms with Crippen molar-refractivity contribution in [2.24, 2.45) is 5.92 Å². The highest BCUT2D eigenvalue weighted by Gasteiger charge is 2.49. The van der Waals surface area contributed by atoms with Gasteiger partial charge in [0.15, 0.2) is 0 Å². The Hall–Kier alpha value is -2.70. The van der Waals surface area contributed by atoms with Crippen molar-refractivity contribution in [2.45, 2.75) is 64.8 Å². The van der Waals surface area contributed by atoms with Crippen LogP contribution in [-0.4, -0.2) is 52.7 Å². The zero-order valence-corrected chi connectivity index (χ0v) is 18.0. The highest BCUT2D eigenvalue weighted by Crippen LogP contribution is 2.31. The number of rotatable bonds is 7. The number of urea groups is 1. The molecule has 162 valence electrons. The molecule has 1 saturated carbocycles. The van der Waals surface area contributed by atoms with Gasteiger partial charge in [0.05, 0.1) is 0 Å². The molecule has 0 spiro atoms. The molecular weight excluding hydrogens is 382 g/mol. The summed E-state index contributed by atoms with van der Waals surface area (Å²) in [7, 11) is 0. The minimum Gasteiger partial charge on any atom is -0.354 e. The molecule has 0 unspecified atom stereocenters. The molecule has 0 radical (unpaired) electrons. The monoisotopic (exact) mass is 413 g/mol. The van der Waals surface area contributed by atoms with E-state index >= 15 is 0 Å². The average molecular weight is 414 g/mol. The van der Waals surface area contributed by atoms with Gasteiger partial charge in [-0.15, -0.1) is 0 Å². The van der Waals surface area contributed by atoms with E-state index in [0.717, 1.165) is 34.6 Å². The van der Waals surface area contributed by atoms with Crippen LogP contribution in [0.1, 0.15) is 63.5 Å². The minimum atomic E-state index is -0.905. The first-order chi connectivity index (χ1) is 14.3. The number of nitrogens with one attached hydrogen (secondary N) is 1. The van der Waals surface area contributed by atoms with E-state index in [0.29, 0.717) is 25.3 Å². The quantitative estimate of drug-likeness (QED) is 0.550. The smallest absolute Gasteiger partial charge is 0.334 e. The van der Waals surface area contributed by atoms with Gasteiger partial charge in [0.2, 0.25) is 5.91 Å². The second kappa shape index (κ2) is 9.41.